The third-order valence-corrected chi connectivity index (χ3v) is 6.23. The average Bonchev–Trinajstić information content (AvgIpc) is 3.16. The normalized spacial score (nSPS) is 19.3. The fraction of sp³-hybridized carbons (Fsp3) is 0.467. The summed E-state index contributed by atoms with van der Waals surface area (Å²) >= 11 is 0. The summed E-state index contributed by atoms with van der Waals surface area (Å²) in [5.74, 6) is 1.07. The molecule has 128 valence electrons. The number of rotatable bonds is 3. The smallest absolute Gasteiger partial charge is 0.243 e. The number of nitrogens with zero attached hydrogens (tertiary/aromatic N) is 4. The summed E-state index contributed by atoms with van der Waals surface area (Å²) in [7, 11) is -3.54. The van der Waals surface area contributed by atoms with E-state index >= 15 is 0 Å². The molecule has 1 saturated heterocycles. The predicted octanol–water partition coefficient (Wildman–Crippen LogP) is 1.08. The van der Waals surface area contributed by atoms with Crippen LogP contribution in [0, 0.1) is 0 Å². The minimum absolute atomic E-state index is 0.145. The standard InChI is InChI=1S/C15H18N4O4S/c20-24(21,13-1-2-14-15(11-13)23-10-9-22-14)18-7-3-12(4-8-18)19-16-5-6-17-19/h1-2,5-6,11-12H,3-4,7-10H2. The van der Waals surface area contributed by atoms with Crippen LogP contribution in [0.25, 0.3) is 0 Å². The topological polar surface area (TPSA) is 86.6 Å². The highest BCUT2D eigenvalue weighted by Crippen LogP contribution is 2.34. The number of hydrogen-bond acceptors (Lipinski definition) is 6. The molecule has 0 spiro atoms. The molecular formula is C15H18N4O4S. The van der Waals surface area contributed by atoms with Crippen molar-refractivity contribution >= 4 is 10.0 Å². The summed E-state index contributed by atoms with van der Waals surface area (Å²) < 4.78 is 38.2. The van der Waals surface area contributed by atoms with Gasteiger partial charge in [-0.2, -0.15) is 19.3 Å². The van der Waals surface area contributed by atoms with Crippen LogP contribution in [-0.2, 0) is 10.0 Å². The monoisotopic (exact) mass is 350 g/mol. The Kier molecular flexibility index (Phi) is 3.89. The van der Waals surface area contributed by atoms with Crippen LogP contribution in [0.5, 0.6) is 11.5 Å². The van der Waals surface area contributed by atoms with E-state index in [0.29, 0.717) is 50.6 Å². The van der Waals surface area contributed by atoms with E-state index in [1.54, 1.807) is 35.4 Å². The van der Waals surface area contributed by atoms with E-state index in [2.05, 4.69) is 10.2 Å². The Labute approximate surface area is 140 Å². The molecule has 2 aliphatic rings. The zero-order valence-corrected chi connectivity index (χ0v) is 13.9. The van der Waals surface area contributed by atoms with Crippen LogP contribution in [0.4, 0.5) is 0 Å². The third-order valence-electron chi connectivity index (χ3n) is 4.34. The molecule has 1 fully saturated rings. The van der Waals surface area contributed by atoms with Crippen LogP contribution in [-0.4, -0.2) is 54.0 Å². The maximum absolute atomic E-state index is 12.9. The van der Waals surface area contributed by atoms with Gasteiger partial charge in [0.2, 0.25) is 10.0 Å². The van der Waals surface area contributed by atoms with Crippen LogP contribution in [0.2, 0.25) is 0 Å². The molecule has 0 amide bonds. The van der Waals surface area contributed by atoms with E-state index in [0.717, 1.165) is 0 Å². The van der Waals surface area contributed by atoms with Crippen LogP contribution in [0.3, 0.4) is 0 Å². The maximum Gasteiger partial charge on any atom is 0.243 e. The zero-order chi connectivity index (χ0) is 16.6. The molecule has 0 saturated carbocycles. The molecule has 1 aromatic carbocycles. The number of hydrogen-bond donors (Lipinski definition) is 0. The predicted molar refractivity (Wildman–Crippen MR) is 84.5 cm³/mol. The summed E-state index contributed by atoms with van der Waals surface area (Å²) in [4.78, 5) is 1.90. The molecule has 0 unspecified atom stereocenters. The molecule has 3 heterocycles. The second-order valence-electron chi connectivity index (χ2n) is 5.79. The van der Waals surface area contributed by atoms with Gasteiger partial charge in [-0.25, -0.2) is 8.42 Å². The van der Waals surface area contributed by atoms with Gasteiger partial charge in [0.1, 0.15) is 13.2 Å². The second-order valence-corrected chi connectivity index (χ2v) is 7.73. The van der Waals surface area contributed by atoms with Gasteiger partial charge in [-0.1, -0.05) is 0 Å². The van der Waals surface area contributed by atoms with E-state index < -0.39 is 10.0 Å². The van der Waals surface area contributed by atoms with E-state index in [4.69, 9.17) is 9.47 Å². The molecule has 9 heteroatoms. The maximum atomic E-state index is 12.9. The van der Waals surface area contributed by atoms with Gasteiger partial charge in [0.25, 0.3) is 0 Å². The number of fused-ring (bicyclic) bond motifs is 1. The van der Waals surface area contributed by atoms with Crippen LogP contribution >= 0.6 is 0 Å². The number of aromatic nitrogens is 3. The van der Waals surface area contributed by atoms with Gasteiger partial charge in [0.15, 0.2) is 11.5 Å². The van der Waals surface area contributed by atoms with Gasteiger partial charge in [-0.15, -0.1) is 0 Å². The van der Waals surface area contributed by atoms with E-state index in [9.17, 15) is 8.42 Å². The van der Waals surface area contributed by atoms with E-state index in [-0.39, 0.29) is 10.9 Å². The minimum atomic E-state index is -3.54. The van der Waals surface area contributed by atoms with E-state index in [1.807, 2.05) is 0 Å². The van der Waals surface area contributed by atoms with Crippen molar-refractivity contribution in [2.45, 2.75) is 23.8 Å². The van der Waals surface area contributed by atoms with Crippen molar-refractivity contribution in [2.75, 3.05) is 26.3 Å². The van der Waals surface area contributed by atoms with Gasteiger partial charge >= 0.3 is 0 Å². The number of ether oxygens (including phenoxy) is 2. The average molecular weight is 350 g/mol. The molecular weight excluding hydrogens is 332 g/mol. The van der Waals surface area contributed by atoms with Crippen LogP contribution in [0.1, 0.15) is 18.9 Å². The van der Waals surface area contributed by atoms with Crippen LogP contribution in [0.15, 0.2) is 35.5 Å². The summed E-state index contributed by atoms with van der Waals surface area (Å²) in [6.45, 7) is 1.80. The molecule has 1 aromatic heterocycles. The van der Waals surface area contributed by atoms with Crippen LogP contribution < -0.4 is 9.47 Å². The van der Waals surface area contributed by atoms with Crippen molar-refractivity contribution in [3.63, 3.8) is 0 Å². The lowest BCUT2D eigenvalue weighted by molar-refractivity contribution is 0.171. The lowest BCUT2D eigenvalue weighted by Gasteiger charge is -2.30. The highest BCUT2D eigenvalue weighted by molar-refractivity contribution is 7.89. The number of benzene rings is 1. The first-order chi connectivity index (χ1) is 11.6. The molecule has 0 aliphatic carbocycles. The van der Waals surface area contributed by atoms with Gasteiger partial charge in [-0.05, 0) is 25.0 Å². The minimum Gasteiger partial charge on any atom is -0.486 e. The highest BCUT2D eigenvalue weighted by atomic mass is 32.2. The molecule has 2 aromatic rings. The lowest BCUT2D eigenvalue weighted by atomic mass is 10.1. The van der Waals surface area contributed by atoms with Gasteiger partial charge in [0, 0.05) is 19.2 Å². The Hall–Kier alpha value is -2.13. The van der Waals surface area contributed by atoms with Crippen molar-refractivity contribution < 1.29 is 17.9 Å². The Morgan fingerprint density at radius 3 is 2.38 bits per heavy atom. The Morgan fingerprint density at radius 1 is 1.00 bits per heavy atom. The first-order valence-corrected chi connectivity index (χ1v) is 9.34. The first-order valence-electron chi connectivity index (χ1n) is 7.90. The SMILES string of the molecule is O=S(=O)(c1ccc2c(c1)OCCO2)N1CCC(n2nccn2)CC1. The molecule has 8 nitrogen and oxygen atoms in total. The van der Waals surface area contributed by atoms with Crippen molar-refractivity contribution in [3.05, 3.63) is 30.6 Å². The summed E-state index contributed by atoms with van der Waals surface area (Å²) in [6.07, 6.45) is 4.66. The molecule has 0 bridgehead atoms. The second kappa shape index (κ2) is 6.06. The molecule has 0 atom stereocenters. The Bertz CT molecular complexity index is 814. The molecule has 0 N–H and O–H groups in total. The summed E-state index contributed by atoms with van der Waals surface area (Å²) in [5, 5.41) is 8.28. The molecule has 4 rings (SSSR count). The summed E-state index contributed by atoms with van der Waals surface area (Å²) in [5.41, 5.74) is 0. The zero-order valence-electron chi connectivity index (χ0n) is 13.0. The van der Waals surface area contributed by atoms with Crippen molar-refractivity contribution in [1.82, 2.24) is 19.3 Å². The Morgan fingerprint density at radius 2 is 1.67 bits per heavy atom. The van der Waals surface area contributed by atoms with E-state index in [1.165, 1.54) is 4.31 Å². The Balaban J connectivity index is 1.51. The molecule has 24 heavy (non-hydrogen) atoms. The quantitative estimate of drug-likeness (QED) is 0.823. The van der Waals surface area contributed by atoms with Gasteiger partial charge < -0.3 is 9.47 Å². The van der Waals surface area contributed by atoms with Gasteiger partial charge in [-0.3, -0.25) is 0 Å². The number of piperidine rings is 1. The fourth-order valence-electron chi connectivity index (χ4n) is 3.06. The van der Waals surface area contributed by atoms with Crippen molar-refractivity contribution in [2.24, 2.45) is 0 Å². The third kappa shape index (κ3) is 2.73. The highest BCUT2D eigenvalue weighted by Gasteiger charge is 2.31. The lowest BCUT2D eigenvalue weighted by Crippen LogP contribution is -2.39. The fourth-order valence-corrected chi connectivity index (χ4v) is 4.55. The van der Waals surface area contributed by atoms with Gasteiger partial charge in [0.05, 0.1) is 23.3 Å². The largest absolute Gasteiger partial charge is 0.486 e. The first kappa shape index (κ1) is 15.4. The molecule has 0 radical (unpaired) electrons. The number of sulfonamides is 1. The van der Waals surface area contributed by atoms with Crippen molar-refractivity contribution in [3.8, 4) is 11.5 Å². The van der Waals surface area contributed by atoms with Crippen molar-refractivity contribution in [1.29, 1.82) is 0 Å². The summed E-state index contributed by atoms with van der Waals surface area (Å²) in [6, 6.07) is 4.92. The molecule has 2 aliphatic heterocycles.